The van der Waals surface area contributed by atoms with E-state index >= 15 is 4.39 Å². The molecule has 0 radical (unpaired) electrons. The first-order valence-electron chi connectivity index (χ1n) is 15.2. The van der Waals surface area contributed by atoms with Gasteiger partial charge in [0.25, 0.3) is 5.91 Å². The lowest BCUT2D eigenvalue weighted by Gasteiger charge is -2.49. The lowest BCUT2D eigenvalue weighted by molar-refractivity contribution is -0.114. The Morgan fingerprint density at radius 2 is 1.67 bits per heavy atom. The quantitative estimate of drug-likeness (QED) is 0.137. The third-order valence-electron chi connectivity index (χ3n) is 10.0. The summed E-state index contributed by atoms with van der Waals surface area (Å²) in [5.41, 5.74) is 3.66. The SMILES string of the molecule is CC1=CC(C)(C)N(C)c2cc3oc(=O)c(C(=O)/C=C4/C(=O)N5c6c4cc(F)cc6C(C)(c4ccccc4)CC5(C)C)cc3cc21. The number of hydrogen-bond donors (Lipinski definition) is 0. The molecule has 1 amide bonds. The number of halogens is 1. The molecular formula is C38H35FN2O4. The van der Waals surface area contributed by atoms with E-state index in [0.29, 0.717) is 34.2 Å². The first-order valence-corrected chi connectivity index (χ1v) is 15.2. The molecule has 0 fully saturated rings. The standard InChI is InChI=1S/C38H35FN2O4/c1-21-19-36(2,3)40(7)30-18-32-22(13-25(21)30)14-28(35(44)45-32)31(42)17-27-26-15-24(39)16-29-33(26)41(34(27)43)37(4,5)20-38(29,6)23-11-9-8-10-12-23/h8-19H,20H2,1-7H3/b27-17+. The molecule has 228 valence electrons. The minimum absolute atomic E-state index is 0.0636. The van der Waals surface area contributed by atoms with Crippen molar-refractivity contribution >= 4 is 45.2 Å². The van der Waals surface area contributed by atoms with Crippen molar-refractivity contribution in [3.05, 3.63) is 117 Å². The number of ketones is 1. The molecule has 7 heteroatoms. The summed E-state index contributed by atoms with van der Waals surface area (Å²) in [6, 6.07) is 18.0. The van der Waals surface area contributed by atoms with E-state index in [9.17, 15) is 14.4 Å². The third kappa shape index (κ3) is 4.16. The molecule has 3 aromatic carbocycles. The number of rotatable bonds is 3. The van der Waals surface area contributed by atoms with Gasteiger partial charge in [0, 0.05) is 46.3 Å². The topological polar surface area (TPSA) is 70.8 Å². The molecule has 0 bridgehead atoms. The Hall–Kier alpha value is -4.78. The second kappa shape index (κ2) is 9.36. The zero-order chi connectivity index (χ0) is 32.2. The lowest BCUT2D eigenvalue weighted by Crippen LogP contribution is -2.54. The van der Waals surface area contributed by atoms with Crippen molar-refractivity contribution in [1.82, 2.24) is 0 Å². The Morgan fingerprint density at radius 1 is 0.956 bits per heavy atom. The monoisotopic (exact) mass is 602 g/mol. The predicted octanol–water partition coefficient (Wildman–Crippen LogP) is 7.67. The molecule has 1 unspecified atom stereocenters. The van der Waals surface area contributed by atoms with Crippen LogP contribution >= 0.6 is 0 Å². The Bertz CT molecular complexity index is 2100. The highest BCUT2D eigenvalue weighted by atomic mass is 19.1. The van der Waals surface area contributed by atoms with E-state index in [-0.39, 0.29) is 16.7 Å². The summed E-state index contributed by atoms with van der Waals surface area (Å²) < 4.78 is 21.0. The summed E-state index contributed by atoms with van der Waals surface area (Å²) in [6.07, 6.45) is 3.89. The highest BCUT2D eigenvalue weighted by Crippen LogP contribution is 2.56. The van der Waals surface area contributed by atoms with E-state index in [4.69, 9.17) is 4.42 Å². The molecule has 4 aromatic rings. The van der Waals surface area contributed by atoms with Crippen LogP contribution in [0.25, 0.3) is 22.1 Å². The molecule has 0 N–H and O–H groups in total. The number of allylic oxidation sites excluding steroid dienone is 2. The van der Waals surface area contributed by atoms with Crippen LogP contribution in [-0.4, -0.2) is 29.8 Å². The van der Waals surface area contributed by atoms with Gasteiger partial charge in [-0.3, -0.25) is 9.59 Å². The van der Waals surface area contributed by atoms with E-state index < -0.39 is 34.1 Å². The first kappa shape index (κ1) is 29.0. The molecule has 45 heavy (non-hydrogen) atoms. The van der Waals surface area contributed by atoms with Crippen molar-refractivity contribution in [2.75, 3.05) is 16.8 Å². The zero-order valence-corrected chi connectivity index (χ0v) is 26.5. The van der Waals surface area contributed by atoms with E-state index in [1.54, 1.807) is 4.90 Å². The molecule has 0 saturated heterocycles. The van der Waals surface area contributed by atoms with E-state index in [1.165, 1.54) is 24.3 Å². The fourth-order valence-electron chi connectivity index (χ4n) is 7.77. The fourth-order valence-corrected chi connectivity index (χ4v) is 7.77. The van der Waals surface area contributed by atoms with Crippen LogP contribution in [0.2, 0.25) is 0 Å². The average molecular weight is 603 g/mol. The normalized spacial score (nSPS) is 22.0. The van der Waals surface area contributed by atoms with Gasteiger partial charge in [-0.2, -0.15) is 0 Å². The van der Waals surface area contributed by atoms with E-state index in [2.05, 4.69) is 31.7 Å². The smallest absolute Gasteiger partial charge is 0.347 e. The van der Waals surface area contributed by atoms with Crippen molar-refractivity contribution in [3.63, 3.8) is 0 Å². The number of nitrogens with zero attached hydrogens (tertiary/aromatic N) is 2. The summed E-state index contributed by atoms with van der Waals surface area (Å²) in [5.74, 6) is -1.56. The minimum atomic E-state index is -0.793. The van der Waals surface area contributed by atoms with Crippen LogP contribution in [0.15, 0.2) is 82.0 Å². The number of likely N-dealkylation sites (N-methyl/N-ethyl adjacent to an activating group) is 1. The molecule has 7 rings (SSSR count). The first-order chi connectivity index (χ1) is 21.1. The maximum absolute atomic E-state index is 15.3. The highest BCUT2D eigenvalue weighted by Gasteiger charge is 2.53. The molecule has 1 aromatic heterocycles. The second-order valence-corrected chi connectivity index (χ2v) is 14.0. The summed E-state index contributed by atoms with van der Waals surface area (Å²) in [5, 5.41) is 0.599. The average Bonchev–Trinajstić information content (AvgIpc) is 3.25. The molecule has 6 nitrogen and oxygen atoms in total. The van der Waals surface area contributed by atoms with Crippen molar-refractivity contribution < 1.29 is 18.4 Å². The van der Waals surface area contributed by atoms with Crippen LogP contribution < -0.4 is 15.4 Å². The van der Waals surface area contributed by atoms with Gasteiger partial charge in [0.2, 0.25) is 0 Å². The molecule has 0 spiro atoms. The van der Waals surface area contributed by atoms with Crippen molar-refractivity contribution in [1.29, 1.82) is 0 Å². The maximum Gasteiger partial charge on any atom is 0.347 e. The second-order valence-electron chi connectivity index (χ2n) is 14.0. The van der Waals surface area contributed by atoms with E-state index in [0.717, 1.165) is 22.4 Å². The van der Waals surface area contributed by atoms with Crippen LogP contribution in [0.4, 0.5) is 15.8 Å². The van der Waals surface area contributed by atoms with Gasteiger partial charge in [0.05, 0.1) is 16.8 Å². The summed E-state index contributed by atoms with van der Waals surface area (Å²) >= 11 is 0. The van der Waals surface area contributed by atoms with Gasteiger partial charge >= 0.3 is 5.63 Å². The lowest BCUT2D eigenvalue weighted by atomic mass is 9.65. The molecule has 0 aliphatic carbocycles. The highest BCUT2D eigenvalue weighted by molar-refractivity contribution is 6.36. The molecule has 0 saturated carbocycles. The van der Waals surface area contributed by atoms with Gasteiger partial charge in [-0.25, -0.2) is 9.18 Å². The Balaban J connectivity index is 1.36. The minimum Gasteiger partial charge on any atom is -0.422 e. The predicted molar refractivity (Wildman–Crippen MR) is 176 cm³/mol. The zero-order valence-electron chi connectivity index (χ0n) is 26.5. The van der Waals surface area contributed by atoms with Crippen LogP contribution in [0, 0.1) is 5.82 Å². The Morgan fingerprint density at radius 3 is 2.38 bits per heavy atom. The van der Waals surface area contributed by atoms with E-state index in [1.807, 2.05) is 70.3 Å². The number of hydrogen-bond acceptors (Lipinski definition) is 5. The molecule has 3 aliphatic rings. The van der Waals surface area contributed by atoms with Crippen LogP contribution in [-0.2, 0) is 10.2 Å². The number of anilines is 2. The van der Waals surface area contributed by atoms with Crippen molar-refractivity contribution in [2.24, 2.45) is 0 Å². The number of carbonyl (C=O) groups is 2. The number of carbonyl (C=O) groups excluding carboxylic acids is 2. The van der Waals surface area contributed by atoms with Gasteiger partial charge in [-0.1, -0.05) is 43.3 Å². The Labute approximate surface area is 261 Å². The van der Waals surface area contributed by atoms with Gasteiger partial charge < -0.3 is 14.2 Å². The van der Waals surface area contributed by atoms with Crippen molar-refractivity contribution in [2.45, 2.75) is 64.5 Å². The fraction of sp³-hybridized carbons (Fsp3) is 0.289. The van der Waals surface area contributed by atoms with Crippen LogP contribution in [0.1, 0.15) is 80.6 Å². The van der Waals surface area contributed by atoms with Gasteiger partial charge in [-0.15, -0.1) is 0 Å². The van der Waals surface area contributed by atoms with Gasteiger partial charge in [0.15, 0.2) is 5.78 Å². The van der Waals surface area contributed by atoms with Gasteiger partial charge in [0.1, 0.15) is 17.0 Å². The molecule has 1 atom stereocenters. The van der Waals surface area contributed by atoms with Gasteiger partial charge in [-0.05, 0) is 88.1 Å². The van der Waals surface area contributed by atoms with Crippen molar-refractivity contribution in [3.8, 4) is 0 Å². The maximum atomic E-state index is 15.3. The van der Waals surface area contributed by atoms with Crippen LogP contribution in [0.3, 0.4) is 0 Å². The summed E-state index contributed by atoms with van der Waals surface area (Å²) in [4.78, 5) is 44.9. The third-order valence-corrected chi connectivity index (χ3v) is 10.0. The number of benzene rings is 3. The molecular weight excluding hydrogens is 567 g/mol. The summed E-state index contributed by atoms with van der Waals surface area (Å²) in [7, 11) is 1.99. The number of amides is 1. The largest absolute Gasteiger partial charge is 0.422 e. The number of fused-ring (bicyclic) bond motifs is 2. The Kier molecular flexibility index (Phi) is 6.03. The summed E-state index contributed by atoms with van der Waals surface area (Å²) in [6.45, 7) is 12.3. The molecule has 3 aliphatic heterocycles. The van der Waals surface area contributed by atoms with Crippen LogP contribution in [0.5, 0.6) is 0 Å². The molecule has 4 heterocycles.